The van der Waals surface area contributed by atoms with Gasteiger partial charge in [-0.3, -0.25) is 20.8 Å². The standard InChI is InChI=1S/C36H35N5O10/c37-33(39-35(44)49-24-27-13-6-2-7-14-27)40(36(45)50-25-28-15-8-3-9-16-28)22-10-17-31(38-34(43)48-23-26-11-4-1-5-12-26)32(42)51-30-20-18-29(19-21-30)41(46)47/h1-9,11-16,18-21,31H,10,17,22-25H2,(H,38,43)(H2,37,39,44)/t31-/m0/s1. The van der Waals surface area contributed by atoms with Crippen molar-refractivity contribution in [2.45, 2.75) is 38.7 Å². The molecule has 0 aromatic heterocycles. The molecule has 3 amide bonds. The number of nitrogens with one attached hydrogen (secondary N) is 3. The molecule has 51 heavy (non-hydrogen) atoms. The molecule has 0 spiro atoms. The maximum atomic E-state index is 13.2. The van der Waals surface area contributed by atoms with Crippen LogP contribution < -0.4 is 15.4 Å². The van der Waals surface area contributed by atoms with Gasteiger partial charge in [-0.15, -0.1) is 0 Å². The molecule has 4 rings (SSSR count). The Kier molecular flexibility index (Phi) is 14.0. The van der Waals surface area contributed by atoms with Crippen LogP contribution in [-0.2, 0) is 38.8 Å². The Morgan fingerprint density at radius 1 is 0.706 bits per heavy atom. The molecule has 0 heterocycles. The summed E-state index contributed by atoms with van der Waals surface area (Å²) in [6.45, 7) is -0.529. The molecule has 264 valence electrons. The number of hydrogen-bond donors (Lipinski definition) is 3. The first-order valence-corrected chi connectivity index (χ1v) is 15.7. The van der Waals surface area contributed by atoms with Crippen LogP contribution >= 0.6 is 0 Å². The minimum absolute atomic E-state index is 0.0114. The summed E-state index contributed by atoms with van der Waals surface area (Å²) in [6.07, 6.45) is -3.02. The first-order chi connectivity index (χ1) is 24.7. The summed E-state index contributed by atoms with van der Waals surface area (Å²) in [7, 11) is 0. The smallest absolute Gasteiger partial charge is 0.416 e. The number of nitro groups is 1. The number of nitrogens with zero attached hydrogens (tertiary/aromatic N) is 2. The predicted octanol–water partition coefficient (Wildman–Crippen LogP) is 6.08. The summed E-state index contributed by atoms with van der Waals surface area (Å²) in [6, 6.07) is 30.0. The molecule has 15 heteroatoms. The summed E-state index contributed by atoms with van der Waals surface area (Å²) in [4.78, 5) is 62.9. The third-order valence-electron chi connectivity index (χ3n) is 7.06. The number of benzene rings is 4. The molecule has 4 aromatic carbocycles. The predicted molar refractivity (Wildman–Crippen MR) is 182 cm³/mol. The van der Waals surface area contributed by atoms with Gasteiger partial charge >= 0.3 is 24.2 Å². The Morgan fingerprint density at radius 2 is 1.20 bits per heavy atom. The van der Waals surface area contributed by atoms with Crippen LogP contribution in [0, 0.1) is 15.5 Å². The van der Waals surface area contributed by atoms with Crippen molar-refractivity contribution < 1.29 is 43.0 Å². The van der Waals surface area contributed by atoms with Gasteiger partial charge in [-0.2, -0.15) is 0 Å². The highest BCUT2D eigenvalue weighted by Gasteiger charge is 2.27. The number of guanidine groups is 1. The van der Waals surface area contributed by atoms with Gasteiger partial charge < -0.3 is 24.3 Å². The molecule has 4 aromatic rings. The highest BCUT2D eigenvalue weighted by molar-refractivity contribution is 5.99. The quantitative estimate of drug-likeness (QED) is 0.0264. The van der Waals surface area contributed by atoms with E-state index in [9.17, 15) is 29.3 Å². The van der Waals surface area contributed by atoms with E-state index in [1.807, 2.05) is 0 Å². The van der Waals surface area contributed by atoms with Crippen molar-refractivity contribution in [1.29, 1.82) is 5.41 Å². The maximum absolute atomic E-state index is 13.2. The number of amides is 3. The molecule has 0 saturated carbocycles. The van der Waals surface area contributed by atoms with Gasteiger partial charge in [0, 0.05) is 18.7 Å². The van der Waals surface area contributed by atoms with Gasteiger partial charge in [0.25, 0.3) is 5.69 Å². The van der Waals surface area contributed by atoms with E-state index in [1.165, 1.54) is 12.1 Å². The van der Waals surface area contributed by atoms with Gasteiger partial charge in [-0.25, -0.2) is 24.1 Å². The number of ether oxygens (including phenoxy) is 4. The lowest BCUT2D eigenvalue weighted by molar-refractivity contribution is -0.384. The molecular weight excluding hydrogens is 662 g/mol. The molecular formula is C36H35N5O10. The van der Waals surface area contributed by atoms with E-state index in [0.717, 1.165) is 17.0 Å². The normalized spacial score (nSPS) is 10.9. The Balaban J connectivity index is 1.43. The lowest BCUT2D eigenvalue weighted by Crippen LogP contribution is -2.48. The number of carbonyl (C=O) groups excluding carboxylic acids is 4. The molecule has 0 aliphatic rings. The van der Waals surface area contributed by atoms with E-state index in [4.69, 9.17) is 24.4 Å². The number of rotatable bonds is 14. The van der Waals surface area contributed by atoms with Gasteiger partial charge in [0.2, 0.25) is 5.96 Å². The fraction of sp³-hybridized carbons (Fsp3) is 0.194. The molecule has 3 N–H and O–H groups in total. The van der Waals surface area contributed by atoms with E-state index in [2.05, 4.69) is 10.6 Å². The summed E-state index contributed by atoms with van der Waals surface area (Å²) in [5, 5.41) is 24.2. The van der Waals surface area contributed by atoms with Gasteiger partial charge in [0.05, 0.1) is 4.92 Å². The number of nitro benzene ring substituents is 1. The van der Waals surface area contributed by atoms with E-state index < -0.39 is 41.2 Å². The third kappa shape index (κ3) is 12.6. The van der Waals surface area contributed by atoms with Crippen LogP contribution in [0.15, 0.2) is 115 Å². The van der Waals surface area contributed by atoms with Crippen molar-refractivity contribution in [3.8, 4) is 5.75 Å². The van der Waals surface area contributed by atoms with Crippen molar-refractivity contribution in [1.82, 2.24) is 15.5 Å². The minimum Gasteiger partial charge on any atom is -0.445 e. The summed E-state index contributed by atoms with van der Waals surface area (Å²) >= 11 is 0. The van der Waals surface area contributed by atoms with E-state index >= 15 is 0 Å². The molecule has 0 bridgehead atoms. The van der Waals surface area contributed by atoms with Gasteiger partial charge in [-0.1, -0.05) is 91.0 Å². The Hall–Kier alpha value is -6.77. The number of non-ortho nitro benzene ring substituents is 1. The van der Waals surface area contributed by atoms with Crippen molar-refractivity contribution in [2.75, 3.05) is 6.54 Å². The third-order valence-corrected chi connectivity index (χ3v) is 7.06. The first-order valence-electron chi connectivity index (χ1n) is 15.7. The van der Waals surface area contributed by atoms with Crippen LogP contribution in [0.25, 0.3) is 0 Å². The van der Waals surface area contributed by atoms with Crippen LogP contribution in [0.3, 0.4) is 0 Å². The summed E-state index contributed by atoms with van der Waals surface area (Å²) < 4.78 is 21.2. The monoisotopic (exact) mass is 697 g/mol. The van der Waals surface area contributed by atoms with Crippen molar-refractivity contribution in [3.05, 3.63) is 142 Å². The molecule has 15 nitrogen and oxygen atoms in total. The number of hydrogen-bond acceptors (Lipinski definition) is 11. The molecule has 0 fully saturated rings. The summed E-state index contributed by atoms with van der Waals surface area (Å²) in [5.74, 6) is -1.58. The largest absolute Gasteiger partial charge is 0.445 e. The van der Waals surface area contributed by atoms with Crippen LogP contribution in [0.1, 0.15) is 29.5 Å². The zero-order valence-electron chi connectivity index (χ0n) is 27.3. The SMILES string of the molecule is N=C(NC(=O)OCc1ccccc1)N(CCC[C@H](NC(=O)OCc1ccccc1)C(=O)Oc1ccc([N+](=O)[O-])cc1)C(=O)OCc1ccccc1. The maximum Gasteiger partial charge on any atom is 0.416 e. The topological polar surface area (TPSA) is 199 Å². The fourth-order valence-electron chi connectivity index (χ4n) is 4.45. The zero-order valence-corrected chi connectivity index (χ0v) is 27.3. The second kappa shape index (κ2) is 19.3. The zero-order chi connectivity index (χ0) is 36.4. The Bertz CT molecular complexity index is 1770. The van der Waals surface area contributed by atoms with Gasteiger partial charge in [0.1, 0.15) is 31.6 Å². The lowest BCUT2D eigenvalue weighted by atomic mass is 10.1. The van der Waals surface area contributed by atoms with Crippen LogP contribution in [-0.4, -0.2) is 52.6 Å². The van der Waals surface area contributed by atoms with Crippen molar-refractivity contribution in [3.63, 3.8) is 0 Å². The van der Waals surface area contributed by atoms with E-state index in [-0.39, 0.29) is 50.6 Å². The van der Waals surface area contributed by atoms with Gasteiger partial charge in [-0.05, 0) is 41.7 Å². The van der Waals surface area contributed by atoms with E-state index in [1.54, 1.807) is 91.0 Å². The average molecular weight is 698 g/mol. The number of esters is 1. The fourth-order valence-corrected chi connectivity index (χ4v) is 4.45. The molecule has 0 aliphatic heterocycles. The second-order valence-corrected chi connectivity index (χ2v) is 10.8. The molecule has 1 atom stereocenters. The number of carbonyl (C=O) groups is 4. The van der Waals surface area contributed by atoms with Crippen LogP contribution in [0.5, 0.6) is 5.75 Å². The highest BCUT2D eigenvalue weighted by atomic mass is 16.6. The lowest BCUT2D eigenvalue weighted by Gasteiger charge is -2.24. The van der Waals surface area contributed by atoms with Gasteiger partial charge in [0.15, 0.2) is 0 Å². The molecule has 0 unspecified atom stereocenters. The molecule has 0 aliphatic carbocycles. The second-order valence-electron chi connectivity index (χ2n) is 10.8. The van der Waals surface area contributed by atoms with Crippen molar-refractivity contribution >= 4 is 35.9 Å². The van der Waals surface area contributed by atoms with E-state index in [0.29, 0.717) is 16.7 Å². The number of alkyl carbamates (subject to hydrolysis) is 2. The van der Waals surface area contributed by atoms with Crippen molar-refractivity contribution in [2.24, 2.45) is 0 Å². The van der Waals surface area contributed by atoms with Crippen LogP contribution in [0.4, 0.5) is 20.1 Å². The Labute approximate surface area is 292 Å². The molecule has 0 saturated heterocycles. The average Bonchev–Trinajstić information content (AvgIpc) is 3.14. The highest BCUT2D eigenvalue weighted by Crippen LogP contribution is 2.18. The minimum atomic E-state index is -1.32. The summed E-state index contributed by atoms with van der Waals surface area (Å²) in [5.41, 5.74) is 1.88. The Morgan fingerprint density at radius 3 is 1.71 bits per heavy atom. The van der Waals surface area contributed by atoms with Crippen LogP contribution in [0.2, 0.25) is 0 Å². The first kappa shape index (κ1) is 37.1. The molecule has 0 radical (unpaired) electrons.